The van der Waals surface area contributed by atoms with Crippen molar-refractivity contribution in [3.63, 3.8) is 0 Å². The van der Waals surface area contributed by atoms with E-state index in [0.29, 0.717) is 26.4 Å². The van der Waals surface area contributed by atoms with Crippen molar-refractivity contribution in [2.24, 2.45) is 0 Å². The zero-order valence-electron chi connectivity index (χ0n) is 15.5. The number of thioether (sulfide) groups is 1. The highest BCUT2D eigenvalue weighted by Gasteiger charge is 2.36. The highest BCUT2D eigenvalue weighted by atomic mass is 79.9. The fraction of sp³-hybridized carbons (Fsp3) is 0.0435. The third-order valence-electron chi connectivity index (χ3n) is 4.40. The molecule has 3 aromatic rings. The Morgan fingerprint density at radius 1 is 1.00 bits per heavy atom. The SMILES string of the molecule is O=C1S/C(=C\c2ccc(OCc3ccccc3F)c(Br)c2)C(=O)N1c1ccccc1. The van der Waals surface area contributed by atoms with Crippen molar-refractivity contribution in [1.29, 1.82) is 0 Å². The second-order valence-electron chi connectivity index (χ2n) is 6.42. The number of amides is 2. The molecule has 0 spiro atoms. The van der Waals surface area contributed by atoms with Gasteiger partial charge in [0.05, 0.1) is 15.1 Å². The summed E-state index contributed by atoms with van der Waals surface area (Å²) in [4.78, 5) is 26.5. The van der Waals surface area contributed by atoms with Crippen LogP contribution in [0.5, 0.6) is 5.75 Å². The molecule has 0 aliphatic carbocycles. The van der Waals surface area contributed by atoms with Crippen molar-refractivity contribution in [3.05, 3.63) is 99.1 Å². The molecular formula is C23H15BrFNO3S. The molecule has 1 aliphatic rings. The highest BCUT2D eigenvalue weighted by molar-refractivity contribution is 9.10. The Kier molecular flexibility index (Phi) is 6.01. The van der Waals surface area contributed by atoms with Crippen LogP contribution in [0.25, 0.3) is 6.08 Å². The van der Waals surface area contributed by atoms with Gasteiger partial charge in [-0.25, -0.2) is 9.29 Å². The van der Waals surface area contributed by atoms with Crippen molar-refractivity contribution >= 4 is 50.6 Å². The molecule has 0 aromatic heterocycles. The summed E-state index contributed by atoms with van der Waals surface area (Å²) in [7, 11) is 0. The minimum Gasteiger partial charge on any atom is -0.488 e. The molecule has 1 fully saturated rings. The van der Waals surface area contributed by atoms with Crippen LogP contribution >= 0.6 is 27.7 Å². The lowest BCUT2D eigenvalue weighted by Crippen LogP contribution is -2.27. The molecule has 150 valence electrons. The van der Waals surface area contributed by atoms with Crippen LogP contribution in [0.2, 0.25) is 0 Å². The molecular weight excluding hydrogens is 469 g/mol. The lowest BCUT2D eigenvalue weighted by Gasteiger charge is -2.11. The topological polar surface area (TPSA) is 46.6 Å². The van der Waals surface area contributed by atoms with Crippen LogP contribution in [0.1, 0.15) is 11.1 Å². The summed E-state index contributed by atoms with van der Waals surface area (Å²) < 4.78 is 20.1. The molecule has 30 heavy (non-hydrogen) atoms. The molecule has 1 aliphatic heterocycles. The Hall–Kier alpha value is -2.90. The van der Waals surface area contributed by atoms with E-state index in [-0.39, 0.29) is 23.6 Å². The highest BCUT2D eigenvalue weighted by Crippen LogP contribution is 2.36. The van der Waals surface area contributed by atoms with E-state index < -0.39 is 0 Å². The number of ether oxygens (including phenoxy) is 1. The van der Waals surface area contributed by atoms with Gasteiger partial charge in [-0.15, -0.1) is 0 Å². The minimum atomic E-state index is -0.354. The Labute approximate surface area is 185 Å². The van der Waals surface area contributed by atoms with E-state index in [1.807, 2.05) is 6.07 Å². The average Bonchev–Trinajstić information content (AvgIpc) is 3.02. The number of para-hydroxylation sites is 1. The second-order valence-corrected chi connectivity index (χ2v) is 8.27. The van der Waals surface area contributed by atoms with Crippen molar-refractivity contribution in [2.45, 2.75) is 6.61 Å². The summed E-state index contributed by atoms with van der Waals surface area (Å²) in [5.41, 5.74) is 1.74. The van der Waals surface area contributed by atoms with Crippen LogP contribution < -0.4 is 9.64 Å². The molecule has 4 rings (SSSR count). The molecule has 0 bridgehead atoms. The number of anilines is 1. The van der Waals surface area contributed by atoms with Crippen LogP contribution in [-0.2, 0) is 11.4 Å². The van der Waals surface area contributed by atoms with E-state index in [2.05, 4.69) is 15.9 Å². The van der Waals surface area contributed by atoms with Gasteiger partial charge in [0.15, 0.2) is 0 Å². The fourth-order valence-corrected chi connectivity index (χ4v) is 4.27. The van der Waals surface area contributed by atoms with Crippen LogP contribution in [0.15, 0.2) is 82.2 Å². The Balaban J connectivity index is 1.50. The Morgan fingerprint density at radius 3 is 2.47 bits per heavy atom. The molecule has 7 heteroatoms. The van der Waals surface area contributed by atoms with Gasteiger partial charge in [0, 0.05) is 5.56 Å². The molecule has 1 saturated heterocycles. The number of imide groups is 1. The summed E-state index contributed by atoms with van der Waals surface area (Å²) in [5.74, 6) is -0.126. The number of benzene rings is 3. The van der Waals surface area contributed by atoms with E-state index in [1.54, 1.807) is 66.7 Å². The maximum atomic E-state index is 13.7. The third kappa shape index (κ3) is 4.32. The second kappa shape index (κ2) is 8.85. The standard InChI is InChI=1S/C23H15BrFNO3S/c24-18-12-15(10-11-20(18)29-14-16-6-4-5-9-19(16)25)13-21-22(27)26(23(28)30-21)17-7-2-1-3-8-17/h1-13H,14H2/b21-13-. The van der Waals surface area contributed by atoms with E-state index in [4.69, 9.17) is 4.74 Å². The smallest absolute Gasteiger partial charge is 0.298 e. The largest absolute Gasteiger partial charge is 0.488 e. The van der Waals surface area contributed by atoms with Gasteiger partial charge in [0.2, 0.25) is 0 Å². The summed E-state index contributed by atoms with van der Waals surface area (Å²) in [5, 5.41) is -0.332. The summed E-state index contributed by atoms with van der Waals surface area (Å²) in [6, 6.07) is 20.5. The quantitative estimate of drug-likeness (QED) is 0.393. The molecule has 2 amide bonds. The number of halogens is 2. The summed E-state index contributed by atoms with van der Waals surface area (Å²) in [6.07, 6.45) is 1.67. The van der Waals surface area contributed by atoms with Gasteiger partial charge < -0.3 is 4.74 Å². The first-order valence-electron chi connectivity index (χ1n) is 9.02. The fourth-order valence-electron chi connectivity index (χ4n) is 2.91. The molecule has 0 N–H and O–H groups in total. The summed E-state index contributed by atoms with van der Waals surface area (Å²) >= 11 is 4.35. The molecule has 0 atom stereocenters. The summed E-state index contributed by atoms with van der Waals surface area (Å²) in [6.45, 7) is 0.0978. The number of hydrogen-bond acceptors (Lipinski definition) is 4. The maximum Gasteiger partial charge on any atom is 0.298 e. The van der Waals surface area contributed by atoms with Crippen LogP contribution in [-0.4, -0.2) is 11.1 Å². The molecule has 0 saturated carbocycles. The van der Waals surface area contributed by atoms with Gasteiger partial charge in [-0.1, -0.05) is 42.5 Å². The predicted octanol–water partition coefficient (Wildman–Crippen LogP) is 6.41. The first-order valence-corrected chi connectivity index (χ1v) is 10.6. The minimum absolute atomic E-state index is 0.0978. The maximum absolute atomic E-state index is 13.7. The first kappa shape index (κ1) is 20.4. The van der Waals surface area contributed by atoms with E-state index in [1.165, 1.54) is 6.07 Å². The van der Waals surface area contributed by atoms with Crippen molar-refractivity contribution in [3.8, 4) is 5.75 Å². The van der Waals surface area contributed by atoms with Crippen LogP contribution in [0.3, 0.4) is 0 Å². The molecule has 0 radical (unpaired) electrons. The van der Waals surface area contributed by atoms with Gasteiger partial charge in [-0.05, 0) is 69.7 Å². The van der Waals surface area contributed by atoms with Gasteiger partial charge in [-0.3, -0.25) is 9.59 Å². The van der Waals surface area contributed by atoms with Gasteiger partial charge in [-0.2, -0.15) is 0 Å². The van der Waals surface area contributed by atoms with Crippen LogP contribution in [0, 0.1) is 5.82 Å². The number of carbonyl (C=O) groups is 2. The zero-order chi connectivity index (χ0) is 21.1. The first-order chi connectivity index (χ1) is 14.5. The lowest BCUT2D eigenvalue weighted by molar-refractivity contribution is -0.113. The van der Waals surface area contributed by atoms with Crippen molar-refractivity contribution in [2.75, 3.05) is 4.90 Å². The third-order valence-corrected chi connectivity index (χ3v) is 5.89. The Bertz CT molecular complexity index is 1150. The average molecular weight is 484 g/mol. The molecule has 0 unspecified atom stereocenters. The number of carbonyl (C=O) groups excluding carboxylic acids is 2. The molecule has 1 heterocycles. The predicted molar refractivity (Wildman–Crippen MR) is 120 cm³/mol. The van der Waals surface area contributed by atoms with Gasteiger partial charge >= 0.3 is 0 Å². The zero-order valence-corrected chi connectivity index (χ0v) is 18.0. The van der Waals surface area contributed by atoms with Crippen LogP contribution in [0.4, 0.5) is 14.9 Å². The van der Waals surface area contributed by atoms with Gasteiger partial charge in [0.1, 0.15) is 18.2 Å². The normalized spacial score (nSPS) is 15.1. The van der Waals surface area contributed by atoms with E-state index in [0.717, 1.165) is 22.2 Å². The van der Waals surface area contributed by atoms with Gasteiger partial charge in [0.25, 0.3) is 11.1 Å². The molecule has 3 aromatic carbocycles. The Morgan fingerprint density at radius 2 is 1.73 bits per heavy atom. The number of nitrogens with zero attached hydrogens (tertiary/aromatic N) is 1. The number of rotatable bonds is 5. The lowest BCUT2D eigenvalue weighted by atomic mass is 10.2. The van der Waals surface area contributed by atoms with Crippen molar-refractivity contribution in [1.82, 2.24) is 0 Å². The van der Waals surface area contributed by atoms with Crippen molar-refractivity contribution < 1.29 is 18.7 Å². The monoisotopic (exact) mass is 483 g/mol. The number of hydrogen-bond donors (Lipinski definition) is 0. The van der Waals surface area contributed by atoms with E-state index >= 15 is 0 Å². The van der Waals surface area contributed by atoms with E-state index in [9.17, 15) is 14.0 Å². The molecule has 4 nitrogen and oxygen atoms in total.